The SMILES string of the molecule is Cc1nn(C)cc1CCC(=O)NC[C@@H](C)Oc1ccc(Cl)cc1. The van der Waals surface area contributed by atoms with Gasteiger partial charge in [0.15, 0.2) is 0 Å². The van der Waals surface area contributed by atoms with Crippen LogP contribution in [0.3, 0.4) is 0 Å². The molecule has 0 saturated carbocycles. The highest BCUT2D eigenvalue weighted by Crippen LogP contribution is 2.16. The zero-order valence-corrected chi connectivity index (χ0v) is 14.4. The van der Waals surface area contributed by atoms with Gasteiger partial charge in [0.25, 0.3) is 0 Å². The number of carbonyl (C=O) groups is 1. The number of halogens is 1. The fraction of sp³-hybridized carbons (Fsp3) is 0.412. The van der Waals surface area contributed by atoms with Crippen molar-refractivity contribution in [3.63, 3.8) is 0 Å². The zero-order chi connectivity index (χ0) is 16.8. The summed E-state index contributed by atoms with van der Waals surface area (Å²) in [6, 6.07) is 7.18. The Kier molecular flexibility index (Phi) is 6.04. The molecule has 1 aromatic heterocycles. The fourth-order valence-corrected chi connectivity index (χ4v) is 2.40. The first-order chi connectivity index (χ1) is 10.9. The maximum Gasteiger partial charge on any atom is 0.220 e. The normalized spacial score (nSPS) is 12.0. The van der Waals surface area contributed by atoms with E-state index in [1.54, 1.807) is 16.8 Å². The van der Waals surface area contributed by atoms with Crippen LogP contribution in [0, 0.1) is 6.92 Å². The third kappa shape index (κ3) is 5.60. The molecule has 1 heterocycles. The van der Waals surface area contributed by atoms with Crippen molar-refractivity contribution < 1.29 is 9.53 Å². The van der Waals surface area contributed by atoms with Crippen LogP contribution in [0.2, 0.25) is 5.02 Å². The summed E-state index contributed by atoms with van der Waals surface area (Å²) in [5.41, 5.74) is 2.08. The van der Waals surface area contributed by atoms with Crippen molar-refractivity contribution in [2.24, 2.45) is 7.05 Å². The first-order valence-corrected chi connectivity index (χ1v) is 8.00. The predicted molar refractivity (Wildman–Crippen MR) is 90.8 cm³/mol. The van der Waals surface area contributed by atoms with Crippen molar-refractivity contribution in [2.75, 3.05) is 6.54 Å². The Hall–Kier alpha value is -2.01. The van der Waals surface area contributed by atoms with Gasteiger partial charge in [-0.2, -0.15) is 5.10 Å². The van der Waals surface area contributed by atoms with Gasteiger partial charge in [0.2, 0.25) is 5.91 Å². The predicted octanol–water partition coefficient (Wildman–Crippen LogP) is 2.90. The number of aromatic nitrogens is 2. The maximum absolute atomic E-state index is 11.9. The van der Waals surface area contributed by atoms with Gasteiger partial charge in [-0.05, 0) is 50.1 Å². The molecule has 0 unspecified atom stereocenters. The van der Waals surface area contributed by atoms with Crippen LogP contribution >= 0.6 is 11.6 Å². The molecular formula is C17H22ClN3O2. The van der Waals surface area contributed by atoms with Crippen LogP contribution in [0.15, 0.2) is 30.5 Å². The number of hydrogen-bond donors (Lipinski definition) is 1. The summed E-state index contributed by atoms with van der Waals surface area (Å²) >= 11 is 5.83. The highest BCUT2D eigenvalue weighted by atomic mass is 35.5. The van der Waals surface area contributed by atoms with Gasteiger partial charge >= 0.3 is 0 Å². The van der Waals surface area contributed by atoms with E-state index >= 15 is 0 Å². The van der Waals surface area contributed by atoms with Gasteiger partial charge in [-0.15, -0.1) is 0 Å². The highest BCUT2D eigenvalue weighted by molar-refractivity contribution is 6.30. The summed E-state index contributed by atoms with van der Waals surface area (Å²) in [5, 5.41) is 7.84. The van der Waals surface area contributed by atoms with E-state index in [9.17, 15) is 4.79 Å². The Morgan fingerprint density at radius 3 is 2.70 bits per heavy atom. The Balaban J connectivity index is 1.71. The van der Waals surface area contributed by atoms with Gasteiger partial charge < -0.3 is 10.1 Å². The Labute approximate surface area is 141 Å². The summed E-state index contributed by atoms with van der Waals surface area (Å²) in [4.78, 5) is 11.9. The van der Waals surface area contributed by atoms with Crippen LogP contribution in [0.5, 0.6) is 5.75 Å². The molecule has 0 saturated heterocycles. The van der Waals surface area contributed by atoms with E-state index < -0.39 is 0 Å². The molecule has 0 fully saturated rings. The van der Waals surface area contributed by atoms with Crippen molar-refractivity contribution in [2.45, 2.75) is 32.8 Å². The van der Waals surface area contributed by atoms with Gasteiger partial charge in [-0.3, -0.25) is 9.48 Å². The summed E-state index contributed by atoms with van der Waals surface area (Å²) in [5.74, 6) is 0.752. The van der Waals surface area contributed by atoms with Crippen LogP contribution in [0.4, 0.5) is 0 Å². The second kappa shape index (κ2) is 8.02. The molecule has 1 amide bonds. The number of amides is 1. The maximum atomic E-state index is 11.9. The molecule has 0 aliphatic rings. The van der Waals surface area contributed by atoms with E-state index in [1.165, 1.54) is 0 Å². The van der Waals surface area contributed by atoms with Crippen LogP contribution < -0.4 is 10.1 Å². The van der Waals surface area contributed by atoms with Crippen LogP contribution in [-0.2, 0) is 18.3 Å². The van der Waals surface area contributed by atoms with Crippen LogP contribution in [0.25, 0.3) is 0 Å². The number of hydrogen-bond acceptors (Lipinski definition) is 3. The third-order valence-corrected chi connectivity index (χ3v) is 3.73. The van der Waals surface area contributed by atoms with Crippen LogP contribution in [0.1, 0.15) is 24.6 Å². The molecule has 0 aliphatic heterocycles. The minimum Gasteiger partial charge on any atom is -0.489 e. The van der Waals surface area contributed by atoms with Gasteiger partial charge in [0.1, 0.15) is 11.9 Å². The zero-order valence-electron chi connectivity index (χ0n) is 13.7. The molecule has 1 aromatic carbocycles. The van der Waals surface area contributed by atoms with Gasteiger partial charge in [-0.1, -0.05) is 11.6 Å². The molecular weight excluding hydrogens is 314 g/mol. The Morgan fingerprint density at radius 2 is 2.09 bits per heavy atom. The molecule has 23 heavy (non-hydrogen) atoms. The first-order valence-electron chi connectivity index (χ1n) is 7.62. The van der Waals surface area contributed by atoms with E-state index in [2.05, 4.69) is 10.4 Å². The monoisotopic (exact) mass is 335 g/mol. The van der Waals surface area contributed by atoms with E-state index in [0.29, 0.717) is 24.4 Å². The van der Waals surface area contributed by atoms with E-state index in [4.69, 9.17) is 16.3 Å². The molecule has 0 bridgehead atoms. The molecule has 0 aliphatic carbocycles. The molecule has 6 heteroatoms. The second-order valence-electron chi connectivity index (χ2n) is 5.60. The lowest BCUT2D eigenvalue weighted by Crippen LogP contribution is -2.33. The van der Waals surface area contributed by atoms with Crippen molar-refractivity contribution in [1.29, 1.82) is 0 Å². The molecule has 0 spiro atoms. The van der Waals surface area contributed by atoms with Crippen molar-refractivity contribution in [3.05, 3.63) is 46.7 Å². The minimum atomic E-state index is -0.111. The molecule has 1 N–H and O–H groups in total. The summed E-state index contributed by atoms with van der Waals surface area (Å²) in [6.07, 6.45) is 2.98. The molecule has 5 nitrogen and oxygen atoms in total. The lowest BCUT2D eigenvalue weighted by molar-refractivity contribution is -0.121. The summed E-state index contributed by atoms with van der Waals surface area (Å²) in [7, 11) is 1.88. The van der Waals surface area contributed by atoms with E-state index in [0.717, 1.165) is 17.0 Å². The number of benzene rings is 1. The molecule has 2 rings (SSSR count). The van der Waals surface area contributed by atoms with E-state index in [1.807, 2.05) is 39.2 Å². The lowest BCUT2D eigenvalue weighted by atomic mass is 10.1. The molecule has 0 radical (unpaired) electrons. The minimum absolute atomic E-state index is 0.0137. The average molecular weight is 336 g/mol. The molecule has 2 aromatic rings. The number of aryl methyl sites for hydroxylation is 3. The number of ether oxygens (including phenoxy) is 1. The number of nitrogens with one attached hydrogen (secondary N) is 1. The van der Waals surface area contributed by atoms with Crippen molar-refractivity contribution >= 4 is 17.5 Å². The fourth-order valence-electron chi connectivity index (χ4n) is 2.28. The largest absolute Gasteiger partial charge is 0.489 e. The summed E-state index contributed by atoms with van der Waals surface area (Å²) < 4.78 is 7.49. The smallest absolute Gasteiger partial charge is 0.220 e. The first kappa shape index (κ1) is 17.3. The van der Waals surface area contributed by atoms with Gasteiger partial charge in [0, 0.05) is 24.7 Å². The Bertz CT molecular complexity index is 652. The quantitative estimate of drug-likeness (QED) is 0.846. The second-order valence-corrected chi connectivity index (χ2v) is 6.04. The lowest BCUT2D eigenvalue weighted by Gasteiger charge is -2.15. The van der Waals surface area contributed by atoms with Crippen molar-refractivity contribution in [1.82, 2.24) is 15.1 Å². The Morgan fingerprint density at radius 1 is 1.39 bits per heavy atom. The molecule has 1 atom stereocenters. The number of carbonyl (C=O) groups excluding carboxylic acids is 1. The number of rotatable bonds is 7. The average Bonchev–Trinajstić information content (AvgIpc) is 2.83. The standard InChI is InChI=1S/C17H22ClN3O2/c1-12(23-16-7-5-15(18)6-8-16)10-19-17(22)9-4-14-11-21(3)20-13(14)2/h5-8,11-12H,4,9-10H2,1-3H3,(H,19,22)/t12-/m1/s1. The molecule has 124 valence electrons. The number of nitrogens with zero attached hydrogens (tertiary/aromatic N) is 2. The van der Waals surface area contributed by atoms with Crippen LogP contribution in [-0.4, -0.2) is 28.3 Å². The topological polar surface area (TPSA) is 56.2 Å². The summed E-state index contributed by atoms with van der Waals surface area (Å²) in [6.45, 7) is 4.34. The van der Waals surface area contributed by atoms with Gasteiger partial charge in [0.05, 0.1) is 12.2 Å². The highest BCUT2D eigenvalue weighted by Gasteiger charge is 2.09. The van der Waals surface area contributed by atoms with Gasteiger partial charge in [-0.25, -0.2) is 0 Å². The third-order valence-electron chi connectivity index (χ3n) is 3.47. The van der Waals surface area contributed by atoms with Crippen molar-refractivity contribution in [3.8, 4) is 5.75 Å². The van der Waals surface area contributed by atoms with E-state index in [-0.39, 0.29) is 12.0 Å².